The van der Waals surface area contributed by atoms with Crippen LogP contribution in [0.4, 0.5) is 11.4 Å². The number of piperazine rings is 1. The molecule has 4 rings (SSSR count). The van der Waals surface area contributed by atoms with Crippen molar-refractivity contribution < 1.29 is 13.2 Å². The largest absolute Gasteiger partial charge is 0.497 e. The van der Waals surface area contributed by atoms with Crippen LogP contribution in [0.25, 0.3) is 22.3 Å². The Morgan fingerprint density at radius 3 is 2.44 bits per heavy atom. The molecule has 2 aromatic carbocycles. The molecule has 180 valence electrons. The number of anilines is 2. The van der Waals surface area contributed by atoms with Crippen LogP contribution in [0, 0.1) is 6.92 Å². The van der Waals surface area contributed by atoms with Gasteiger partial charge in [0.15, 0.2) is 0 Å². The molecule has 3 aromatic rings. The molecule has 1 aliphatic heterocycles. The Morgan fingerprint density at radius 1 is 1.03 bits per heavy atom. The molecule has 0 radical (unpaired) electrons. The van der Waals surface area contributed by atoms with Crippen molar-refractivity contribution in [2.45, 2.75) is 20.3 Å². The summed E-state index contributed by atoms with van der Waals surface area (Å²) in [5.41, 5.74) is 6.42. The Labute approximate surface area is 202 Å². The fourth-order valence-corrected chi connectivity index (χ4v) is 5.32. The first-order chi connectivity index (χ1) is 16.4. The lowest BCUT2D eigenvalue weighted by Gasteiger charge is -2.29. The van der Waals surface area contributed by atoms with E-state index in [0.29, 0.717) is 17.9 Å². The van der Waals surface area contributed by atoms with Crippen LogP contribution in [-0.2, 0) is 10.0 Å². The molecular formula is C26H32N4O3S. The number of hydrogen-bond acceptors (Lipinski definition) is 6. The predicted molar refractivity (Wildman–Crippen MR) is 139 cm³/mol. The summed E-state index contributed by atoms with van der Waals surface area (Å²) in [6, 6.07) is 16.1. The maximum atomic E-state index is 12.3. The minimum atomic E-state index is -3.41. The molecule has 0 spiro atoms. The van der Waals surface area contributed by atoms with Crippen molar-refractivity contribution in [1.82, 2.24) is 10.3 Å². The van der Waals surface area contributed by atoms with Crippen LogP contribution in [0.3, 0.4) is 0 Å². The summed E-state index contributed by atoms with van der Waals surface area (Å²) in [4.78, 5) is 7.02. The molecule has 0 amide bonds. The number of pyridine rings is 1. The number of aryl methyl sites for hydroxylation is 1. The standard InChI is InChI=1S/C26H32N4O3S/c1-4-13-34(31,32)29-23-14-21(15-25(17-23)33-3)26-16-22(18-28-19(26)2)20-5-7-24(8-6-20)30-11-9-27-10-12-30/h5-8,14-18,27,29H,4,9-13H2,1-3H3. The van der Waals surface area contributed by atoms with Gasteiger partial charge in [-0.2, -0.15) is 0 Å². The van der Waals surface area contributed by atoms with Gasteiger partial charge in [0.05, 0.1) is 18.6 Å². The smallest absolute Gasteiger partial charge is 0.232 e. The van der Waals surface area contributed by atoms with Crippen molar-refractivity contribution in [2.75, 3.05) is 48.7 Å². The van der Waals surface area contributed by atoms with E-state index in [2.05, 4.69) is 50.3 Å². The van der Waals surface area contributed by atoms with E-state index in [1.165, 1.54) is 5.69 Å². The van der Waals surface area contributed by atoms with Gasteiger partial charge in [-0.1, -0.05) is 19.1 Å². The molecule has 1 aromatic heterocycles. The zero-order valence-corrected chi connectivity index (χ0v) is 20.8. The van der Waals surface area contributed by atoms with Crippen LogP contribution in [0.5, 0.6) is 5.75 Å². The minimum Gasteiger partial charge on any atom is -0.497 e. The van der Waals surface area contributed by atoms with Crippen LogP contribution in [0.1, 0.15) is 19.0 Å². The lowest BCUT2D eigenvalue weighted by Crippen LogP contribution is -2.43. The SMILES string of the molecule is CCCS(=O)(=O)Nc1cc(OC)cc(-c2cc(-c3ccc(N4CCNCC4)cc3)cnc2C)c1. The van der Waals surface area contributed by atoms with Gasteiger partial charge in [0.2, 0.25) is 10.0 Å². The van der Waals surface area contributed by atoms with Gasteiger partial charge in [-0.05, 0) is 54.8 Å². The molecule has 2 heterocycles. The van der Waals surface area contributed by atoms with Crippen molar-refractivity contribution >= 4 is 21.4 Å². The molecule has 7 nitrogen and oxygen atoms in total. The molecule has 0 bridgehead atoms. The van der Waals surface area contributed by atoms with Gasteiger partial charge < -0.3 is 15.0 Å². The van der Waals surface area contributed by atoms with E-state index in [-0.39, 0.29) is 5.75 Å². The third kappa shape index (κ3) is 5.69. The highest BCUT2D eigenvalue weighted by molar-refractivity contribution is 7.92. The maximum absolute atomic E-state index is 12.3. The van der Waals surface area contributed by atoms with Crippen LogP contribution in [0.15, 0.2) is 54.7 Å². The quantitative estimate of drug-likeness (QED) is 0.500. The first kappa shape index (κ1) is 24.0. The second-order valence-electron chi connectivity index (χ2n) is 8.51. The number of nitrogens with zero attached hydrogens (tertiary/aromatic N) is 2. The number of nitrogens with one attached hydrogen (secondary N) is 2. The molecule has 0 saturated carbocycles. The van der Waals surface area contributed by atoms with Gasteiger partial charge >= 0.3 is 0 Å². The fraction of sp³-hybridized carbons (Fsp3) is 0.346. The summed E-state index contributed by atoms with van der Waals surface area (Å²) in [6.07, 6.45) is 2.42. The zero-order chi connectivity index (χ0) is 24.1. The summed E-state index contributed by atoms with van der Waals surface area (Å²) in [7, 11) is -1.84. The number of sulfonamides is 1. The van der Waals surface area contributed by atoms with Gasteiger partial charge in [-0.15, -0.1) is 0 Å². The topological polar surface area (TPSA) is 83.6 Å². The molecule has 1 saturated heterocycles. The van der Waals surface area contributed by atoms with E-state index < -0.39 is 10.0 Å². The van der Waals surface area contributed by atoms with E-state index in [9.17, 15) is 8.42 Å². The summed E-state index contributed by atoms with van der Waals surface area (Å²) in [6.45, 7) is 7.82. The second kappa shape index (κ2) is 10.4. The number of ether oxygens (including phenoxy) is 1. The lowest BCUT2D eigenvalue weighted by atomic mass is 9.98. The predicted octanol–water partition coefficient (Wildman–Crippen LogP) is 4.29. The van der Waals surface area contributed by atoms with E-state index in [1.807, 2.05) is 32.2 Å². The molecule has 0 atom stereocenters. The summed E-state index contributed by atoms with van der Waals surface area (Å²) >= 11 is 0. The Kier molecular flexibility index (Phi) is 7.38. The van der Waals surface area contributed by atoms with Gasteiger partial charge in [-0.3, -0.25) is 9.71 Å². The third-order valence-electron chi connectivity index (χ3n) is 5.97. The average molecular weight is 481 g/mol. The molecular weight excluding hydrogens is 448 g/mol. The number of hydrogen-bond donors (Lipinski definition) is 2. The molecule has 8 heteroatoms. The lowest BCUT2D eigenvalue weighted by molar-refractivity contribution is 0.415. The first-order valence-electron chi connectivity index (χ1n) is 11.6. The highest BCUT2D eigenvalue weighted by Gasteiger charge is 2.14. The van der Waals surface area contributed by atoms with E-state index in [1.54, 1.807) is 13.2 Å². The first-order valence-corrected chi connectivity index (χ1v) is 13.3. The van der Waals surface area contributed by atoms with Crippen LogP contribution in [-0.4, -0.2) is 52.4 Å². The van der Waals surface area contributed by atoms with Gasteiger partial charge in [0.25, 0.3) is 0 Å². The van der Waals surface area contributed by atoms with Crippen molar-refractivity contribution in [3.63, 3.8) is 0 Å². The summed E-state index contributed by atoms with van der Waals surface area (Å²) in [5, 5.41) is 3.38. The Balaban J connectivity index is 1.66. The number of aromatic nitrogens is 1. The number of methoxy groups -OCH3 is 1. The number of rotatable bonds is 8. The molecule has 1 aliphatic rings. The molecule has 0 unspecified atom stereocenters. The molecule has 2 N–H and O–H groups in total. The van der Waals surface area contributed by atoms with Crippen molar-refractivity contribution in [3.05, 3.63) is 60.4 Å². The highest BCUT2D eigenvalue weighted by Crippen LogP contribution is 2.33. The van der Waals surface area contributed by atoms with Crippen molar-refractivity contribution in [1.29, 1.82) is 0 Å². The third-order valence-corrected chi connectivity index (χ3v) is 7.46. The maximum Gasteiger partial charge on any atom is 0.232 e. The molecule has 1 fully saturated rings. The van der Waals surface area contributed by atoms with Crippen LogP contribution < -0.4 is 19.7 Å². The number of benzene rings is 2. The fourth-order valence-electron chi connectivity index (χ4n) is 4.20. The monoisotopic (exact) mass is 480 g/mol. The second-order valence-corrected chi connectivity index (χ2v) is 10.4. The van der Waals surface area contributed by atoms with Crippen LogP contribution in [0.2, 0.25) is 0 Å². The van der Waals surface area contributed by atoms with Crippen molar-refractivity contribution in [3.8, 4) is 28.0 Å². The van der Waals surface area contributed by atoms with E-state index in [4.69, 9.17) is 4.74 Å². The molecule has 34 heavy (non-hydrogen) atoms. The zero-order valence-electron chi connectivity index (χ0n) is 20.0. The van der Waals surface area contributed by atoms with Gasteiger partial charge in [0.1, 0.15) is 5.75 Å². The van der Waals surface area contributed by atoms with Crippen molar-refractivity contribution in [2.24, 2.45) is 0 Å². The van der Waals surface area contributed by atoms with Crippen LogP contribution >= 0.6 is 0 Å². The average Bonchev–Trinajstić information content (AvgIpc) is 2.84. The van der Waals surface area contributed by atoms with E-state index in [0.717, 1.165) is 54.1 Å². The highest BCUT2D eigenvalue weighted by atomic mass is 32.2. The Hall–Kier alpha value is -3.10. The van der Waals surface area contributed by atoms with Gasteiger partial charge in [0, 0.05) is 61.0 Å². The minimum absolute atomic E-state index is 0.0690. The van der Waals surface area contributed by atoms with E-state index >= 15 is 0 Å². The molecule has 0 aliphatic carbocycles. The normalized spacial score (nSPS) is 14.1. The summed E-state index contributed by atoms with van der Waals surface area (Å²) < 4.78 is 32.8. The Morgan fingerprint density at radius 2 is 1.76 bits per heavy atom. The van der Waals surface area contributed by atoms with Gasteiger partial charge in [-0.25, -0.2) is 8.42 Å². The summed E-state index contributed by atoms with van der Waals surface area (Å²) in [5.74, 6) is 0.649. The Bertz CT molecular complexity index is 1240.